The monoisotopic (exact) mass is 299 g/mol. The van der Waals surface area contributed by atoms with Crippen LogP contribution in [0.15, 0.2) is 60.7 Å². The van der Waals surface area contributed by atoms with Crippen LogP contribution in [0.3, 0.4) is 0 Å². The number of amides is 1. The Morgan fingerprint density at radius 3 is 2.36 bits per heavy atom. The average molecular weight is 299 g/mol. The van der Waals surface area contributed by atoms with Gasteiger partial charge in [-0.3, -0.25) is 4.79 Å². The second-order valence-electron chi connectivity index (χ2n) is 4.90. The Morgan fingerprint density at radius 1 is 1.05 bits per heavy atom. The van der Waals surface area contributed by atoms with E-state index in [4.69, 9.17) is 9.47 Å². The highest BCUT2D eigenvalue weighted by Crippen LogP contribution is 2.10. The summed E-state index contributed by atoms with van der Waals surface area (Å²) in [6, 6.07) is 19.2. The van der Waals surface area contributed by atoms with Gasteiger partial charge >= 0.3 is 0 Å². The topological polar surface area (TPSA) is 47.6 Å². The fourth-order valence-electron chi connectivity index (χ4n) is 1.91. The van der Waals surface area contributed by atoms with Crippen LogP contribution in [-0.2, 0) is 16.1 Å². The van der Waals surface area contributed by atoms with Crippen LogP contribution in [0, 0.1) is 0 Å². The van der Waals surface area contributed by atoms with Crippen molar-refractivity contribution in [2.75, 3.05) is 13.2 Å². The molecule has 2 aromatic rings. The van der Waals surface area contributed by atoms with Crippen molar-refractivity contribution in [1.82, 2.24) is 5.32 Å². The largest absolute Gasteiger partial charge is 0.481 e. The average Bonchev–Trinajstić information content (AvgIpc) is 2.56. The molecule has 0 aliphatic carbocycles. The Hall–Kier alpha value is -2.33. The van der Waals surface area contributed by atoms with Crippen molar-refractivity contribution in [2.45, 2.75) is 19.6 Å². The first-order chi connectivity index (χ1) is 10.8. The summed E-state index contributed by atoms with van der Waals surface area (Å²) in [5, 5.41) is 2.80. The molecule has 0 saturated carbocycles. The number of rotatable bonds is 8. The highest BCUT2D eigenvalue weighted by molar-refractivity contribution is 5.80. The third kappa shape index (κ3) is 5.58. The molecule has 22 heavy (non-hydrogen) atoms. The molecule has 0 fully saturated rings. The van der Waals surface area contributed by atoms with Gasteiger partial charge in [-0.1, -0.05) is 48.5 Å². The molecule has 0 saturated heterocycles. The van der Waals surface area contributed by atoms with E-state index in [9.17, 15) is 4.79 Å². The molecule has 0 aromatic heterocycles. The number of hydrogen-bond donors (Lipinski definition) is 1. The van der Waals surface area contributed by atoms with Gasteiger partial charge in [-0.15, -0.1) is 0 Å². The van der Waals surface area contributed by atoms with Crippen LogP contribution in [0.25, 0.3) is 0 Å². The van der Waals surface area contributed by atoms with Gasteiger partial charge in [0.2, 0.25) is 0 Å². The molecule has 1 amide bonds. The van der Waals surface area contributed by atoms with E-state index in [2.05, 4.69) is 5.32 Å². The van der Waals surface area contributed by atoms with Crippen LogP contribution in [0.4, 0.5) is 0 Å². The Bertz CT molecular complexity index is 557. The number of para-hydroxylation sites is 1. The molecule has 0 aliphatic rings. The number of ether oxygens (including phenoxy) is 2. The van der Waals surface area contributed by atoms with Gasteiger partial charge in [0, 0.05) is 6.54 Å². The number of hydrogen-bond acceptors (Lipinski definition) is 3. The first-order valence-electron chi connectivity index (χ1n) is 7.37. The van der Waals surface area contributed by atoms with Crippen molar-refractivity contribution >= 4 is 5.91 Å². The molecule has 2 rings (SSSR count). The molecule has 0 radical (unpaired) electrons. The van der Waals surface area contributed by atoms with E-state index in [-0.39, 0.29) is 5.91 Å². The maximum atomic E-state index is 11.9. The minimum atomic E-state index is -0.531. The zero-order chi connectivity index (χ0) is 15.6. The van der Waals surface area contributed by atoms with Gasteiger partial charge < -0.3 is 14.8 Å². The Morgan fingerprint density at radius 2 is 1.68 bits per heavy atom. The Balaban J connectivity index is 1.61. The standard InChI is InChI=1S/C18H21NO3/c1-15(22-17-10-6-3-7-11-17)18(20)19-12-13-21-14-16-8-4-2-5-9-16/h2-11,15H,12-14H2,1H3,(H,19,20)/t15-/m0/s1. The summed E-state index contributed by atoms with van der Waals surface area (Å²) in [5.41, 5.74) is 1.12. The van der Waals surface area contributed by atoms with Crippen LogP contribution in [0.2, 0.25) is 0 Å². The molecule has 1 N–H and O–H groups in total. The fourth-order valence-corrected chi connectivity index (χ4v) is 1.91. The SMILES string of the molecule is C[C@H](Oc1ccccc1)C(=O)NCCOCc1ccccc1. The van der Waals surface area contributed by atoms with Crippen molar-refractivity contribution in [3.05, 3.63) is 66.2 Å². The first-order valence-corrected chi connectivity index (χ1v) is 7.37. The third-order valence-corrected chi connectivity index (χ3v) is 3.08. The fraction of sp³-hybridized carbons (Fsp3) is 0.278. The van der Waals surface area contributed by atoms with E-state index in [1.165, 1.54) is 0 Å². The van der Waals surface area contributed by atoms with Crippen LogP contribution < -0.4 is 10.1 Å². The Kier molecular flexibility index (Phi) is 6.45. The van der Waals surface area contributed by atoms with Crippen molar-refractivity contribution in [3.8, 4) is 5.75 Å². The second-order valence-corrected chi connectivity index (χ2v) is 4.90. The molecule has 0 spiro atoms. The minimum Gasteiger partial charge on any atom is -0.481 e. The second kappa shape index (κ2) is 8.85. The van der Waals surface area contributed by atoms with Gasteiger partial charge in [-0.05, 0) is 24.6 Å². The summed E-state index contributed by atoms with van der Waals surface area (Å²) in [5.74, 6) is 0.539. The smallest absolute Gasteiger partial charge is 0.260 e. The van der Waals surface area contributed by atoms with Crippen molar-refractivity contribution in [1.29, 1.82) is 0 Å². The minimum absolute atomic E-state index is 0.146. The maximum absolute atomic E-state index is 11.9. The lowest BCUT2D eigenvalue weighted by atomic mass is 10.2. The van der Waals surface area contributed by atoms with Gasteiger partial charge in [-0.25, -0.2) is 0 Å². The normalized spacial score (nSPS) is 11.7. The molecular weight excluding hydrogens is 278 g/mol. The van der Waals surface area contributed by atoms with Crippen LogP contribution >= 0.6 is 0 Å². The number of nitrogens with one attached hydrogen (secondary N) is 1. The van der Waals surface area contributed by atoms with Crippen molar-refractivity contribution < 1.29 is 14.3 Å². The highest BCUT2D eigenvalue weighted by atomic mass is 16.5. The summed E-state index contributed by atoms with van der Waals surface area (Å²) < 4.78 is 11.1. The molecule has 4 heteroatoms. The summed E-state index contributed by atoms with van der Waals surface area (Å²) in [6.45, 7) is 3.22. The summed E-state index contributed by atoms with van der Waals surface area (Å²) >= 11 is 0. The number of carbonyl (C=O) groups excluding carboxylic acids is 1. The van der Waals surface area contributed by atoms with E-state index < -0.39 is 6.10 Å². The number of carbonyl (C=O) groups is 1. The lowest BCUT2D eigenvalue weighted by Gasteiger charge is -2.14. The molecule has 4 nitrogen and oxygen atoms in total. The van der Waals surface area contributed by atoms with Crippen LogP contribution in [-0.4, -0.2) is 25.2 Å². The summed E-state index contributed by atoms with van der Waals surface area (Å²) in [7, 11) is 0. The predicted molar refractivity (Wildman–Crippen MR) is 85.6 cm³/mol. The zero-order valence-electron chi connectivity index (χ0n) is 12.7. The Labute approximate surface area is 131 Å². The van der Waals surface area contributed by atoms with Crippen molar-refractivity contribution in [2.24, 2.45) is 0 Å². The summed E-state index contributed by atoms with van der Waals surface area (Å²) in [6.07, 6.45) is -0.531. The van der Waals surface area contributed by atoms with Crippen LogP contribution in [0.1, 0.15) is 12.5 Å². The maximum Gasteiger partial charge on any atom is 0.260 e. The molecular formula is C18H21NO3. The molecule has 0 bridgehead atoms. The van der Waals surface area contributed by atoms with E-state index in [1.54, 1.807) is 6.92 Å². The zero-order valence-corrected chi connectivity index (χ0v) is 12.7. The lowest BCUT2D eigenvalue weighted by Crippen LogP contribution is -2.38. The van der Waals surface area contributed by atoms with E-state index in [0.29, 0.717) is 25.5 Å². The predicted octanol–water partition coefficient (Wildman–Crippen LogP) is 2.79. The molecule has 0 heterocycles. The van der Waals surface area contributed by atoms with Gasteiger partial charge in [-0.2, -0.15) is 0 Å². The van der Waals surface area contributed by atoms with Gasteiger partial charge in [0.1, 0.15) is 5.75 Å². The van der Waals surface area contributed by atoms with Gasteiger partial charge in [0.05, 0.1) is 13.2 Å². The molecule has 116 valence electrons. The summed E-state index contributed by atoms with van der Waals surface area (Å²) in [4.78, 5) is 11.9. The highest BCUT2D eigenvalue weighted by Gasteiger charge is 2.13. The number of benzene rings is 2. The van der Waals surface area contributed by atoms with Crippen molar-refractivity contribution in [3.63, 3.8) is 0 Å². The van der Waals surface area contributed by atoms with Crippen LogP contribution in [0.5, 0.6) is 5.75 Å². The molecule has 0 aliphatic heterocycles. The van der Waals surface area contributed by atoms with E-state index in [0.717, 1.165) is 5.56 Å². The third-order valence-electron chi connectivity index (χ3n) is 3.08. The van der Waals surface area contributed by atoms with E-state index >= 15 is 0 Å². The van der Waals surface area contributed by atoms with Gasteiger partial charge in [0.25, 0.3) is 5.91 Å². The molecule has 0 unspecified atom stereocenters. The molecule has 2 aromatic carbocycles. The quantitative estimate of drug-likeness (QED) is 0.763. The van der Waals surface area contributed by atoms with Gasteiger partial charge in [0.15, 0.2) is 6.10 Å². The lowest BCUT2D eigenvalue weighted by molar-refractivity contribution is -0.127. The van der Waals surface area contributed by atoms with E-state index in [1.807, 2.05) is 60.7 Å². The molecule has 1 atom stereocenters. The first kappa shape index (κ1) is 16.0.